The molecule has 1 amide bonds. The Morgan fingerprint density at radius 1 is 1.46 bits per heavy atom. The number of hydrogen-bond acceptors (Lipinski definition) is 5. The van der Waals surface area contributed by atoms with Crippen molar-refractivity contribution in [3.05, 3.63) is 55.3 Å². The number of amides is 1. The van der Waals surface area contributed by atoms with Crippen LogP contribution in [0.4, 0.5) is 5.69 Å². The Labute approximate surface area is 147 Å². The van der Waals surface area contributed by atoms with E-state index in [1.165, 1.54) is 24.7 Å². The van der Waals surface area contributed by atoms with Crippen LogP contribution in [0.3, 0.4) is 0 Å². The molecule has 0 aliphatic heterocycles. The topological polar surface area (TPSA) is 102 Å². The molecule has 0 spiro atoms. The van der Waals surface area contributed by atoms with Gasteiger partial charge >= 0.3 is 5.69 Å². The smallest absolute Gasteiger partial charge is 0.271 e. The monoisotopic (exact) mass is 369 g/mol. The van der Waals surface area contributed by atoms with Gasteiger partial charge in [-0.05, 0) is 26.0 Å². The average Bonchev–Trinajstić information content (AvgIpc) is 2.75. The lowest BCUT2D eigenvalue weighted by Gasteiger charge is -2.02. The van der Waals surface area contributed by atoms with E-state index in [-0.39, 0.29) is 17.9 Å². The second-order valence-corrected chi connectivity index (χ2v) is 5.74. The molecule has 0 radical (unpaired) electrons. The predicted octanol–water partition coefficient (Wildman–Crippen LogP) is 2.87. The first kappa shape index (κ1) is 17.9. The van der Waals surface area contributed by atoms with E-state index in [9.17, 15) is 14.9 Å². The molecule has 1 aromatic heterocycles. The zero-order chi connectivity index (χ0) is 17.9. The first-order chi connectivity index (χ1) is 11.3. The number of nitrogens with zero attached hydrogens (tertiary/aromatic N) is 4. The molecule has 0 fully saturated rings. The molecule has 1 aromatic carbocycles. The second kappa shape index (κ2) is 7.41. The molecule has 2 rings (SSSR count). The number of hydrogen-bond donors (Lipinski definition) is 1. The van der Waals surface area contributed by atoms with Gasteiger partial charge in [-0.25, -0.2) is 5.43 Å². The molecule has 2 aromatic rings. The molecule has 0 saturated carbocycles. The van der Waals surface area contributed by atoms with Crippen molar-refractivity contribution < 1.29 is 9.72 Å². The molecule has 1 N–H and O–H groups in total. The lowest BCUT2D eigenvalue weighted by atomic mass is 10.2. The molecule has 0 unspecified atom stereocenters. The average molecular weight is 370 g/mol. The number of nitrogens with one attached hydrogen (secondary N) is 1. The summed E-state index contributed by atoms with van der Waals surface area (Å²) in [5.41, 5.74) is 3.36. The van der Waals surface area contributed by atoms with Gasteiger partial charge in [0.05, 0.1) is 16.2 Å². The standard InChI is InChI=1S/C14H13Cl2N5O3/c1-8-14(21(23)24)9(2)20(19-8)7-13(22)18-17-6-10-3-4-11(15)5-12(10)16/h3-6H,7H2,1-2H3,(H,18,22). The van der Waals surface area contributed by atoms with Gasteiger partial charge in [-0.2, -0.15) is 10.2 Å². The fourth-order valence-corrected chi connectivity index (χ4v) is 2.51. The summed E-state index contributed by atoms with van der Waals surface area (Å²) >= 11 is 11.8. The SMILES string of the molecule is Cc1nn(CC(=O)NN=Cc2ccc(Cl)cc2Cl)c(C)c1[N+](=O)[O-]. The molecule has 0 aliphatic carbocycles. The van der Waals surface area contributed by atoms with Crippen molar-refractivity contribution in [2.24, 2.45) is 5.10 Å². The molecule has 24 heavy (non-hydrogen) atoms. The normalized spacial score (nSPS) is 11.0. The summed E-state index contributed by atoms with van der Waals surface area (Å²) < 4.78 is 1.26. The van der Waals surface area contributed by atoms with Crippen molar-refractivity contribution in [3.63, 3.8) is 0 Å². The molecule has 0 aliphatic rings. The Morgan fingerprint density at radius 2 is 2.17 bits per heavy atom. The molecule has 0 bridgehead atoms. The Kier molecular flexibility index (Phi) is 5.53. The Hall–Kier alpha value is -2.45. The van der Waals surface area contributed by atoms with Gasteiger partial charge in [-0.1, -0.05) is 29.3 Å². The van der Waals surface area contributed by atoms with Crippen LogP contribution in [0.2, 0.25) is 10.0 Å². The van der Waals surface area contributed by atoms with Crippen LogP contribution in [0.5, 0.6) is 0 Å². The number of carbonyl (C=O) groups excluding carboxylic acids is 1. The number of nitro groups is 1. The molecule has 1 heterocycles. The summed E-state index contributed by atoms with van der Waals surface area (Å²) in [4.78, 5) is 22.3. The maximum atomic E-state index is 11.9. The van der Waals surface area contributed by atoms with E-state index in [2.05, 4.69) is 15.6 Å². The highest BCUT2D eigenvalue weighted by Crippen LogP contribution is 2.21. The summed E-state index contributed by atoms with van der Waals surface area (Å²) in [6, 6.07) is 4.86. The van der Waals surface area contributed by atoms with E-state index in [1.54, 1.807) is 18.2 Å². The lowest BCUT2D eigenvalue weighted by molar-refractivity contribution is -0.386. The van der Waals surface area contributed by atoms with Crippen molar-refractivity contribution in [1.82, 2.24) is 15.2 Å². The lowest BCUT2D eigenvalue weighted by Crippen LogP contribution is -2.24. The van der Waals surface area contributed by atoms with E-state index < -0.39 is 10.8 Å². The minimum Gasteiger partial charge on any atom is -0.271 e. The number of benzene rings is 1. The summed E-state index contributed by atoms with van der Waals surface area (Å²) in [5.74, 6) is -0.475. The summed E-state index contributed by atoms with van der Waals surface area (Å²) in [6.07, 6.45) is 1.38. The minimum atomic E-state index is -0.521. The molecule has 0 atom stereocenters. The molecular weight excluding hydrogens is 357 g/mol. The Balaban J connectivity index is 2.02. The summed E-state index contributed by atoms with van der Waals surface area (Å²) in [5, 5.41) is 19.6. The molecular formula is C14H13Cl2N5O3. The minimum absolute atomic E-state index is 0.0979. The van der Waals surface area contributed by atoms with E-state index in [4.69, 9.17) is 23.2 Å². The third-order valence-electron chi connectivity index (χ3n) is 3.17. The maximum Gasteiger partial charge on any atom is 0.312 e. The number of aryl methyl sites for hydroxylation is 1. The molecule has 10 heteroatoms. The van der Waals surface area contributed by atoms with Gasteiger partial charge in [-0.3, -0.25) is 19.6 Å². The number of aromatic nitrogens is 2. The number of rotatable bonds is 5. The number of carbonyl (C=O) groups is 1. The summed E-state index contributed by atoms with van der Waals surface area (Å²) in [6.45, 7) is 2.86. The zero-order valence-electron chi connectivity index (χ0n) is 12.8. The highest BCUT2D eigenvalue weighted by atomic mass is 35.5. The summed E-state index contributed by atoms with van der Waals surface area (Å²) in [7, 11) is 0. The predicted molar refractivity (Wildman–Crippen MR) is 90.6 cm³/mol. The van der Waals surface area contributed by atoms with Gasteiger partial charge in [-0.15, -0.1) is 0 Å². The van der Waals surface area contributed by atoms with Crippen molar-refractivity contribution in [3.8, 4) is 0 Å². The molecule has 126 valence electrons. The Morgan fingerprint density at radius 3 is 2.75 bits per heavy atom. The fraction of sp³-hybridized carbons (Fsp3) is 0.214. The highest BCUT2D eigenvalue weighted by molar-refractivity contribution is 6.36. The van der Waals surface area contributed by atoms with Gasteiger partial charge in [0.1, 0.15) is 17.9 Å². The Bertz CT molecular complexity index is 832. The third kappa shape index (κ3) is 4.09. The van der Waals surface area contributed by atoms with Crippen LogP contribution in [0, 0.1) is 24.0 Å². The van der Waals surface area contributed by atoms with Crippen LogP contribution in [-0.2, 0) is 11.3 Å². The van der Waals surface area contributed by atoms with Crippen LogP contribution < -0.4 is 5.43 Å². The van der Waals surface area contributed by atoms with Crippen molar-refractivity contribution >= 4 is 41.0 Å². The quantitative estimate of drug-likeness (QED) is 0.497. The van der Waals surface area contributed by atoms with E-state index in [1.807, 2.05) is 0 Å². The number of hydrazone groups is 1. The van der Waals surface area contributed by atoms with Crippen molar-refractivity contribution in [2.75, 3.05) is 0 Å². The number of halogens is 2. The van der Waals surface area contributed by atoms with E-state index in [0.29, 0.717) is 21.3 Å². The molecule has 8 nitrogen and oxygen atoms in total. The van der Waals surface area contributed by atoms with Crippen LogP contribution in [0.15, 0.2) is 23.3 Å². The first-order valence-electron chi connectivity index (χ1n) is 6.75. The third-order valence-corrected chi connectivity index (χ3v) is 3.74. The fourth-order valence-electron chi connectivity index (χ4n) is 2.06. The van der Waals surface area contributed by atoms with E-state index in [0.717, 1.165) is 0 Å². The second-order valence-electron chi connectivity index (χ2n) is 4.89. The highest BCUT2D eigenvalue weighted by Gasteiger charge is 2.22. The van der Waals surface area contributed by atoms with Gasteiger partial charge in [0.25, 0.3) is 5.91 Å². The maximum absolute atomic E-state index is 11.9. The van der Waals surface area contributed by atoms with Crippen LogP contribution >= 0.6 is 23.2 Å². The van der Waals surface area contributed by atoms with Gasteiger partial charge in [0.2, 0.25) is 0 Å². The zero-order valence-corrected chi connectivity index (χ0v) is 14.3. The van der Waals surface area contributed by atoms with Crippen molar-refractivity contribution in [2.45, 2.75) is 20.4 Å². The van der Waals surface area contributed by atoms with Gasteiger partial charge in [0, 0.05) is 10.6 Å². The first-order valence-corrected chi connectivity index (χ1v) is 7.50. The molecule has 0 saturated heterocycles. The largest absolute Gasteiger partial charge is 0.312 e. The van der Waals surface area contributed by atoms with Gasteiger partial charge < -0.3 is 0 Å². The van der Waals surface area contributed by atoms with Crippen molar-refractivity contribution in [1.29, 1.82) is 0 Å². The van der Waals surface area contributed by atoms with Gasteiger partial charge in [0.15, 0.2) is 0 Å². The van der Waals surface area contributed by atoms with Crippen LogP contribution in [-0.4, -0.2) is 26.8 Å². The van der Waals surface area contributed by atoms with Crippen LogP contribution in [0.25, 0.3) is 0 Å². The van der Waals surface area contributed by atoms with E-state index >= 15 is 0 Å². The van der Waals surface area contributed by atoms with Crippen LogP contribution in [0.1, 0.15) is 17.0 Å².